The first kappa shape index (κ1) is 19.9. The Labute approximate surface area is 182 Å². The predicted octanol–water partition coefficient (Wildman–Crippen LogP) is 4.95. The van der Waals surface area contributed by atoms with Crippen LogP contribution in [0.25, 0.3) is 10.9 Å². The van der Waals surface area contributed by atoms with Gasteiger partial charge in [-0.25, -0.2) is 0 Å². The molecule has 158 valence electrons. The number of aryl methyl sites for hydroxylation is 1. The minimum absolute atomic E-state index is 0.0598. The van der Waals surface area contributed by atoms with Crippen LogP contribution >= 0.6 is 0 Å². The van der Waals surface area contributed by atoms with Crippen molar-refractivity contribution in [3.63, 3.8) is 0 Å². The van der Waals surface area contributed by atoms with Crippen molar-refractivity contribution in [3.05, 3.63) is 70.7 Å². The SMILES string of the molecule is Cc1ccc(Cc2cc3c(c4ncccc24)C(CC=O)N(C2CCCCC2)C3=O)cn1. The minimum Gasteiger partial charge on any atom is -0.328 e. The minimum atomic E-state index is -0.212. The zero-order valence-corrected chi connectivity index (χ0v) is 17.9. The molecular formula is C26H27N3O2. The van der Waals surface area contributed by atoms with Crippen LogP contribution < -0.4 is 0 Å². The van der Waals surface area contributed by atoms with Crippen LogP contribution in [0.1, 0.15) is 77.3 Å². The summed E-state index contributed by atoms with van der Waals surface area (Å²) in [5.41, 5.74) is 5.68. The molecule has 1 unspecified atom stereocenters. The third kappa shape index (κ3) is 3.52. The number of nitrogens with zero attached hydrogens (tertiary/aromatic N) is 3. The number of amides is 1. The standard InChI is InChI=1S/C26H27N3O2/c1-17-9-10-18(16-28-17)14-19-15-22-24(25-21(19)8-5-12-27-25)23(11-13-30)29(26(22)31)20-6-3-2-4-7-20/h5,8-10,12-13,15-16,20,23H,2-4,6-7,11,14H2,1H3. The second-order valence-electron chi connectivity index (χ2n) is 8.80. The maximum absolute atomic E-state index is 13.6. The number of fused-ring (bicyclic) bond motifs is 3. The van der Waals surface area contributed by atoms with Gasteiger partial charge in [-0.15, -0.1) is 0 Å². The molecule has 5 heteroatoms. The van der Waals surface area contributed by atoms with Crippen molar-refractivity contribution in [2.24, 2.45) is 0 Å². The van der Waals surface area contributed by atoms with Crippen molar-refractivity contribution in [2.45, 2.75) is 64.0 Å². The fourth-order valence-corrected chi connectivity index (χ4v) is 5.34. The van der Waals surface area contributed by atoms with Crippen molar-refractivity contribution >= 4 is 23.1 Å². The summed E-state index contributed by atoms with van der Waals surface area (Å²) in [4.78, 5) is 36.4. The largest absolute Gasteiger partial charge is 0.328 e. The maximum Gasteiger partial charge on any atom is 0.255 e. The molecular weight excluding hydrogens is 386 g/mol. The lowest BCUT2D eigenvalue weighted by Gasteiger charge is -2.35. The molecule has 2 aliphatic rings. The zero-order chi connectivity index (χ0) is 21.4. The molecule has 0 N–H and O–H groups in total. The molecule has 1 aromatic carbocycles. The summed E-state index contributed by atoms with van der Waals surface area (Å²) in [5, 5.41) is 1.05. The highest BCUT2D eigenvalue weighted by Gasteiger charge is 2.42. The molecule has 1 atom stereocenters. The van der Waals surface area contributed by atoms with Gasteiger partial charge in [-0.3, -0.25) is 14.8 Å². The van der Waals surface area contributed by atoms with Crippen molar-refractivity contribution < 1.29 is 9.59 Å². The van der Waals surface area contributed by atoms with E-state index in [1.165, 1.54) is 6.42 Å². The fraction of sp³-hybridized carbons (Fsp3) is 0.385. The number of aromatic nitrogens is 2. The van der Waals surface area contributed by atoms with E-state index in [4.69, 9.17) is 4.98 Å². The Bertz CT molecular complexity index is 1130. The van der Waals surface area contributed by atoms with Crippen LogP contribution in [-0.4, -0.2) is 33.1 Å². The monoisotopic (exact) mass is 413 g/mol. The Morgan fingerprint density at radius 2 is 1.97 bits per heavy atom. The Morgan fingerprint density at radius 3 is 2.71 bits per heavy atom. The van der Waals surface area contributed by atoms with E-state index in [2.05, 4.69) is 17.1 Å². The number of rotatable bonds is 5. The summed E-state index contributed by atoms with van der Waals surface area (Å²) < 4.78 is 0. The normalized spacial score (nSPS) is 19.1. The van der Waals surface area contributed by atoms with Gasteiger partial charge in [-0.05, 0) is 55.5 Å². The quantitative estimate of drug-likeness (QED) is 0.555. The van der Waals surface area contributed by atoms with Gasteiger partial charge >= 0.3 is 0 Å². The topological polar surface area (TPSA) is 63.2 Å². The predicted molar refractivity (Wildman–Crippen MR) is 120 cm³/mol. The smallest absolute Gasteiger partial charge is 0.255 e. The number of pyridine rings is 2. The first-order valence-electron chi connectivity index (χ1n) is 11.3. The van der Waals surface area contributed by atoms with Gasteiger partial charge in [0.2, 0.25) is 0 Å². The summed E-state index contributed by atoms with van der Waals surface area (Å²) in [6, 6.07) is 10.2. The van der Waals surface area contributed by atoms with Crippen LogP contribution in [-0.2, 0) is 11.2 Å². The summed E-state index contributed by atoms with van der Waals surface area (Å²) in [6.07, 6.45) is 11.2. The highest BCUT2D eigenvalue weighted by molar-refractivity contribution is 6.05. The first-order chi connectivity index (χ1) is 15.2. The summed E-state index contributed by atoms with van der Waals surface area (Å²) in [6.45, 7) is 1.98. The van der Waals surface area contributed by atoms with Crippen LogP contribution in [0.2, 0.25) is 0 Å². The second kappa shape index (κ2) is 8.22. The van der Waals surface area contributed by atoms with Crippen LogP contribution in [0.5, 0.6) is 0 Å². The maximum atomic E-state index is 13.6. The second-order valence-corrected chi connectivity index (χ2v) is 8.80. The van der Waals surface area contributed by atoms with Crippen molar-refractivity contribution in [3.8, 4) is 0 Å². The average Bonchev–Trinajstić information content (AvgIpc) is 3.08. The van der Waals surface area contributed by atoms with Crippen molar-refractivity contribution in [1.29, 1.82) is 0 Å². The lowest BCUT2D eigenvalue weighted by atomic mass is 9.91. The Hall–Kier alpha value is -3.08. The van der Waals surface area contributed by atoms with Gasteiger partial charge in [0, 0.05) is 47.1 Å². The molecule has 0 radical (unpaired) electrons. The van der Waals surface area contributed by atoms with E-state index in [1.54, 1.807) is 6.20 Å². The number of aldehydes is 1. The van der Waals surface area contributed by atoms with Crippen LogP contribution in [0.4, 0.5) is 0 Å². The lowest BCUT2D eigenvalue weighted by Crippen LogP contribution is -2.39. The first-order valence-corrected chi connectivity index (χ1v) is 11.3. The van der Waals surface area contributed by atoms with E-state index in [1.807, 2.05) is 36.2 Å². The van der Waals surface area contributed by atoms with E-state index in [0.717, 1.165) is 70.8 Å². The van der Waals surface area contributed by atoms with E-state index in [0.29, 0.717) is 12.8 Å². The lowest BCUT2D eigenvalue weighted by molar-refractivity contribution is -0.108. The molecule has 5 rings (SSSR count). The highest BCUT2D eigenvalue weighted by Crippen LogP contribution is 2.44. The number of carbonyl (C=O) groups is 2. The molecule has 1 aliphatic heterocycles. The number of hydrogen-bond acceptors (Lipinski definition) is 4. The molecule has 1 fully saturated rings. The third-order valence-electron chi connectivity index (χ3n) is 6.81. The fourth-order valence-electron chi connectivity index (χ4n) is 5.34. The van der Waals surface area contributed by atoms with Crippen LogP contribution in [0, 0.1) is 6.92 Å². The molecule has 0 spiro atoms. The number of carbonyl (C=O) groups excluding carboxylic acids is 2. The molecule has 1 saturated carbocycles. The average molecular weight is 414 g/mol. The molecule has 0 bridgehead atoms. The van der Waals surface area contributed by atoms with Crippen molar-refractivity contribution in [2.75, 3.05) is 0 Å². The van der Waals surface area contributed by atoms with Crippen LogP contribution in [0.3, 0.4) is 0 Å². The van der Waals surface area contributed by atoms with Crippen LogP contribution in [0.15, 0.2) is 42.7 Å². The van der Waals surface area contributed by atoms with Gasteiger partial charge in [-0.2, -0.15) is 0 Å². The number of benzene rings is 1. The van der Waals surface area contributed by atoms with E-state index < -0.39 is 0 Å². The highest BCUT2D eigenvalue weighted by atomic mass is 16.2. The summed E-state index contributed by atoms with van der Waals surface area (Å²) in [5.74, 6) is 0.0598. The molecule has 5 nitrogen and oxygen atoms in total. The Kier molecular flexibility index (Phi) is 5.26. The third-order valence-corrected chi connectivity index (χ3v) is 6.81. The van der Waals surface area contributed by atoms with Gasteiger partial charge in [0.1, 0.15) is 6.29 Å². The molecule has 2 aromatic heterocycles. The van der Waals surface area contributed by atoms with Gasteiger partial charge in [0.05, 0.1) is 11.6 Å². The molecule has 1 aliphatic carbocycles. The number of hydrogen-bond donors (Lipinski definition) is 0. The molecule has 3 aromatic rings. The molecule has 1 amide bonds. The van der Waals surface area contributed by atoms with Gasteiger partial charge in [-0.1, -0.05) is 31.4 Å². The van der Waals surface area contributed by atoms with Gasteiger partial charge in [0.25, 0.3) is 5.91 Å². The Morgan fingerprint density at radius 1 is 1.13 bits per heavy atom. The molecule has 3 heterocycles. The van der Waals surface area contributed by atoms with E-state index in [-0.39, 0.29) is 18.0 Å². The molecule has 31 heavy (non-hydrogen) atoms. The summed E-state index contributed by atoms with van der Waals surface area (Å²) in [7, 11) is 0. The van der Waals surface area contributed by atoms with Gasteiger partial charge in [0.15, 0.2) is 0 Å². The van der Waals surface area contributed by atoms with Crippen molar-refractivity contribution in [1.82, 2.24) is 14.9 Å². The van der Waals surface area contributed by atoms with Gasteiger partial charge < -0.3 is 9.69 Å². The molecule has 0 saturated heterocycles. The van der Waals surface area contributed by atoms with E-state index in [9.17, 15) is 9.59 Å². The summed E-state index contributed by atoms with van der Waals surface area (Å²) >= 11 is 0. The Balaban J connectivity index is 1.64. The van der Waals surface area contributed by atoms with E-state index >= 15 is 0 Å². The zero-order valence-electron chi connectivity index (χ0n) is 17.9.